The molecule has 6 nitrogen and oxygen atoms in total. The zero-order chi connectivity index (χ0) is 15.5. The van der Waals surface area contributed by atoms with Crippen molar-refractivity contribution in [1.29, 1.82) is 0 Å². The summed E-state index contributed by atoms with van der Waals surface area (Å²) in [7, 11) is -3.77. The largest absolute Gasteiger partial charge is 0.369 e. The number of nitrogens with zero attached hydrogens (tertiary/aromatic N) is 1. The highest BCUT2D eigenvalue weighted by Gasteiger charge is 2.34. The van der Waals surface area contributed by atoms with Crippen LogP contribution in [0.15, 0.2) is 33.6 Å². The third kappa shape index (κ3) is 3.82. The summed E-state index contributed by atoms with van der Waals surface area (Å²) < 4.78 is 27.4. The van der Waals surface area contributed by atoms with Crippen LogP contribution in [-0.4, -0.2) is 44.3 Å². The minimum atomic E-state index is -3.77. The van der Waals surface area contributed by atoms with Crippen LogP contribution >= 0.6 is 15.9 Å². The standard InChI is InChI=1S/C13H18BrN3O3S/c14-11-3-1-2-4-12(11)21(19,20)17(9-13(15)18)10-5-7-16-8-6-10/h1-4,10,16H,5-9H2,(H2,15,18). The van der Waals surface area contributed by atoms with Crippen LogP contribution in [0.2, 0.25) is 0 Å². The van der Waals surface area contributed by atoms with Gasteiger partial charge in [-0.15, -0.1) is 0 Å². The van der Waals surface area contributed by atoms with Gasteiger partial charge >= 0.3 is 0 Å². The van der Waals surface area contributed by atoms with E-state index < -0.39 is 15.9 Å². The Balaban J connectivity index is 2.39. The van der Waals surface area contributed by atoms with Gasteiger partial charge in [0.2, 0.25) is 15.9 Å². The Kier molecular flexibility index (Phi) is 5.37. The molecular formula is C13H18BrN3O3S. The first-order valence-electron chi connectivity index (χ1n) is 6.68. The van der Waals surface area contributed by atoms with Gasteiger partial charge in [-0.25, -0.2) is 8.42 Å². The molecule has 0 saturated carbocycles. The van der Waals surface area contributed by atoms with Crippen LogP contribution in [0.3, 0.4) is 0 Å². The second-order valence-corrected chi connectivity index (χ2v) is 7.64. The molecule has 0 unspecified atom stereocenters. The minimum Gasteiger partial charge on any atom is -0.369 e. The number of sulfonamides is 1. The number of carbonyl (C=O) groups excluding carboxylic acids is 1. The van der Waals surface area contributed by atoms with Crippen molar-refractivity contribution < 1.29 is 13.2 Å². The molecule has 1 saturated heterocycles. The lowest BCUT2D eigenvalue weighted by atomic mass is 10.1. The van der Waals surface area contributed by atoms with Gasteiger partial charge in [-0.3, -0.25) is 4.79 Å². The van der Waals surface area contributed by atoms with Crippen molar-refractivity contribution in [2.75, 3.05) is 19.6 Å². The second kappa shape index (κ2) is 6.87. The number of halogens is 1. The Labute approximate surface area is 132 Å². The molecule has 2 rings (SSSR count). The van der Waals surface area contributed by atoms with Crippen LogP contribution in [0.25, 0.3) is 0 Å². The number of benzene rings is 1. The summed E-state index contributed by atoms with van der Waals surface area (Å²) in [6.07, 6.45) is 1.33. The van der Waals surface area contributed by atoms with Crippen LogP contribution in [0.4, 0.5) is 0 Å². The van der Waals surface area contributed by atoms with Gasteiger partial charge in [-0.1, -0.05) is 12.1 Å². The lowest BCUT2D eigenvalue weighted by molar-refractivity contribution is -0.118. The van der Waals surface area contributed by atoms with Gasteiger partial charge in [-0.05, 0) is 54.0 Å². The summed E-state index contributed by atoms with van der Waals surface area (Å²) in [6.45, 7) is 1.16. The van der Waals surface area contributed by atoms with Gasteiger partial charge in [0.25, 0.3) is 0 Å². The molecule has 3 N–H and O–H groups in total. The average Bonchev–Trinajstić information content (AvgIpc) is 2.45. The van der Waals surface area contributed by atoms with Crippen molar-refractivity contribution in [2.45, 2.75) is 23.8 Å². The molecule has 1 aromatic rings. The van der Waals surface area contributed by atoms with E-state index in [1.807, 2.05) is 0 Å². The highest BCUT2D eigenvalue weighted by atomic mass is 79.9. The summed E-state index contributed by atoms with van der Waals surface area (Å²) in [4.78, 5) is 11.5. The maximum Gasteiger partial charge on any atom is 0.244 e. The Morgan fingerprint density at radius 3 is 2.52 bits per heavy atom. The number of piperidine rings is 1. The van der Waals surface area contributed by atoms with E-state index in [1.54, 1.807) is 18.2 Å². The molecule has 116 valence electrons. The molecule has 1 amide bonds. The third-order valence-electron chi connectivity index (χ3n) is 3.45. The zero-order valence-electron chi connectivity index (χ0n) is 11.5. The summed E-state index contributed by atoms with van der Waals surface area (Å²) in [5.41, 5.74) is 5.24. The zero-order valence-corrected chi connectivity index (χ0v) is 13.9. The number of nitrogens with one attached hydrogen (secondary N) is 1. The maximum absolute atomic E-state index is 12.9. The van der Waals surface area contributed by atoms with E-state index in [2.05, 4.69) is 21.2 Å². The predicted octanol–water partition coefficient (Wildman–Crippen LogP) is 0.677. The molecule has 1 aliphatic rings. The Morgan fingerprint density at radius 1 is 1.33 bits per heavy atom. The fourth-order valence-electron chi connectivity index (χ4n) is 2.44. The summed E-state index contributed by atoms with van der Waals surface area (Å²) >= 11 is 3.26. The van der Waals surface area contributed by atoms with E-state index in [9.17, 15) is 13.2 Å². The number of amides is 1. The molecular weight excluding hydrogens is 358 g/mol. The number of rotatable bonds is 5. The van der Waals surface area contributed by atoms with Gasteiger partial charge < -0.3 is 11.1 Å². The molecule has 1 aromatic carbocycles. The summed E-state index contributed by atoms with van der Waals surface area (Å²) in [6, 6.07) is 6.37. The van der Waals surface area contributed by atoms with E-state index in [1.165, 1.54) is 10.4 Å². The Morgan fingerprint density at radius 2 is 1.95 bits per heavy atom. The molecule has 0 aliphatic carbocycles. The Hall–Kier alpha value is -0.960. The lowest BCUT2D eigenvalue weighted by Gasteiger charge is -2.33. The topological polar surface area (TPSA) is 92.5 Å². The van der Waals surface area contributed by atoms with Gasteiger partial charge in [-0.2, -0.15) is 4.31 Å². The summed E-state index contributed by atoms with van der Waals surface area (Å²) in [5.74, 6) is -0.649. The lowest BCUT2D eigenvalue weighted by Crippen LogP contribution is -2.49. The van der Waals surface area contributed by atoms with Gasteiger partial charge in [0.15, 0.2) is 0 Å². The molecule has 0 aromatic heterocycles. The van der Waals surface area contributed by atoms with Crippen molar-refractivity contribution in [2.24, 2.45) is 5.73 Å². The number of carbonyl (C=O) groups is 1. The van der Waals surface area contributed by atoms with Crippen molar-refractivity contribution in [3.05, 3.63) is 28.7 Å². The van der Waals surface area contributed by atoms with Gasteiger partial charge in [0.1, 0.15) is 0 Å². The fourth-order valence-corrected chi connectivity index (χ4v) is 5.06. The van der Waals surface area contributed by atoms with Crippen LogP contribution in [0.1, 0.15) is 12.8 Å². The number of primary amides is 1. The van der Waals surface area contributed by atoms with E-state index in [0.717, 1.165) is 13.1 Å². The fraction of sp³-hybridized carbons (Fsp3) is 0.462. The van der Waals surface area contributed by atoms with Crippen molar-refractivity contribution in [3.8, 4) is 0 Å². The van der Waals surface area contributed by atoms with Crippen LogP contribution in [0, 0.1) is 0 Å². The van der Waals surface area contributed by atoms with Crippen molar-refractivity contribution >= 4 is 31.9 Å². The maximum atomic E-state index is 12.9. The van der Waals surface area contributed by atoms with Crippen molar-refractivity contribution in [1.82, 2.24) is 9.62 Å². The molecule has 1 aliphatic heterocycles. The van der Waals surface area contributed by atoms with Gasteiger partial charge in [0.05, 0.1) is 11.4 Å². The van der Waals surface area contributed by atoms with Crippen LogP contribution in [0.5, 0.6) is 0 Å². The molecule has 1 heterocycles. The van der Waals surface area contributed by atoms with E-state index in [-0.39, 0.29) is 17.5 Å². The first kappa shape index (κ1) is 16.4. The Bertz CT molecular complexity index is 615. The normalized spacial score (nSPS) is 17.0. The third-order valence-corrected chi connectivity index (χ3v) is 6.36. The minimum absolute atomic E-state index is 0.157. The first-order chi connectivity index (χ1) is 9.93. The molecule has 21 heavy (non-hydrogen) atoms. The molecule has 1 fully saturated rings. The molecule has 0 radical (unpaired) electrons. The number of hydrogen-bond donors (Lipinski definition) is 2. The quantitative estimate of drug-likeness (QED) is 0.791. The number of nitrogens with two attached hydrogens (primary N) is 1. The predicted molar refractivity (Wildman–Crippen MR) is 83.1 cm³/mol. The molecule has 0 bridgehead atoms. The van der Waals surface area contributed by atoms with Crippen LogP contribution < -0.4 is 11.1 Å². The monoisotopic (exact) mass is 375 g/mol. The first-order valence-corrected chi connectivity index (χ1v) is 8.91. The highest BCUT2D eigenvalue weighted by Crippen LogP contribution is 2.27. The average molecular weight is 376 g/mol. The molecule has 0 atom stereocenters. The van der Waals surface area contributed by atoms with E-state index in [0.29, 0.717) is 17.3 Å². The smallest absolute Gasteiger partial charge is 0.244 e. The molecule has 0 spiro atoms. The SMILES string of the molecule is NC(=O)CN(C1CCNCC1)S(=O)(=O)c1ccccc1Br. The van der Waals surface area contributed by atoms with E-state index >= 15 is 0 Å². The van der Waals surface area contributed by atoms with E-state index in [4.69, 9.17) is 5.73 Å². The number of hydrogen-bond acceptors (Lipinski definition) is 4. The second-order valence-electron chi connectivity index (χ2n) is 4.93. The highest BCUT2D eigenvalue weighted by molar-refractivity contribution is 9.10. The van der Waals surface area contributed by atoms with Crippen molar-refractivity contribution in [3.63, 3.8) is 0 Å². The van der Waals surface area contributed by atoms with Gasteiger partial charge in [0, 0.05) is 10.5 Å². The molecule has 8 heteroatoms. The summed E-state index contributed by atoms with van der Waals surface area (Å²) in [5, 5.41) is 3.18. The van der Waals surface area contributed by atoms with Crippen LogP contribution in [-0.2, 0) is 14.8 Å².